The van der Waals surface area contributed by atoms with Crippen LogP contribution in [0.1, 0.15) is 22.3 Å². The number of carbonyl (C=O) groups is 2. The highest BCUT2D eigenvalue weighted by Crippen LogP contribution is 2.32. The molecule has 5 rings (SSSR count). The number of rotatable bonds is 7. The molecule has 1 fully saturated rings. The molecule has 3 amide bonds. The number of fused-ring (bicyclic) bond motifs is 1. The van der Waals surface area contributed by atoms with E-state index in [0.717, 1.165) is 27.5 Å². The first-order chi connectivity index (χ1) is 17.9. The maximum absolute atomic E-state index is 13.2. The number of imide groups is 1. The van der Waals surface area contributed by atoms with Crippen LogP contribution in [-0.4, -0.2) is 21.8 Å². The van der Waals surface area contributed by atoms with Crippen LogP contribution in [0.5, 0.6) is 5.75 Å². The standard InChI is InChI=1S/C29H23N3O5/c1-19-5-4-6-21(15-19)17-31-28(33)26(30-29(31)34)16-25-24-8-3-2-7-22(24)11-14-27(25)37-18-20-9-12-23(13-10-20)32(35)36/h2-16H,17-18H2,1H3,(H,30,34)/b26-16+. The Morgan fingerprint density at radius 2 is 1.73 bits per heavy atom. The SMILES string of the molecule is Cc1cccc(CN2C(=O)N/C(=C/c3c(OCc4ccc([N+](=O)[O-])cc4)ccc4ccccc34)C2=O)c1. The molecule has 0 aliphatic carbocycles. The number of carbonyl (C=O) groups excluding carboxylic acids is 2. The lowest BCUT2D eigenvalue weighted by Crippen LogP contribution is -2.30. The number of hydrogen-bond acceptors (Lipinski definition) is 5. The van der Waals surface area contributed by atoms with Gasteiger partial charge in [0.1, 0.15) is 18.1 Å². The average Bonchev–Trinajstić information content (AvgIpc) is 3.15. The van der Waals surface area contributed by atoms with E-state index in [0.29, 0.717) is 11.3 Å². The van der Waals surface area contributed by atoms with Crippen LogP contribution in [0, 0.1) is 17.0 Å². The Morgan fingerprint density at radius 3 is 2.49 bits per heavy atom. The van der Waals surface area contributed by atoms with Gasteiger partial charge in [0.25, 0.3) is 11.6 Å². The van der Waals surface area contributed by atoms with Gasteiger partial charge >= 0.3 is 6.03 Å². The molecule has 1 saturated heterocycles. The predicted octanol–water partition coefficient (Wildman–Crippen LogP) is 5.73. The van der Waals surface area contributed by atoms with Crippen LogP contribution >= 0.6 is 0 Å². The molecule has 1 N–H and O–H groups in total. The van der Waals surface area contributed by atoms with Gasteiger partial charge in [-0.2, -0.15) is 0 Å². The van der Waals surface area contributed by atoms with Crippen molar-refractivity contribution in [3.8, 4) is 5.75 Å². The molecule has 1 aliphatic heterocycles. The second-order valence-corrected chi connectivity index (χ2v) is 8.78. The lowest BCUT2D eigenvalue weighted by molar-refractivity contribution is -0.384. The summed E-state index contributed by atoms with van der Waals surface area (Å²) in [6.45, 7) is 2.30. The van der Waals surface area contributed by atoms with Gasteiger partial charge in [0.2, 0.25) is 0 Å². The molecule has 184 valence electrons. The van der Waals surface area contributed by atoms with E-state index in [-0.39, 0.29) is 24.5 Å². The molecule has 37 heavy (non-hydrogen) atoms. The minimum Gasteiger partial charge on any atom is -0.488 e. The summed E-state index contributed by atoms with van der Waals surface area (Å²) >= 11 is 0. The van der Waals surface area contributed by atoms with Crippen molar-refractivity contribution in [2.45, 2.75) is 20.1 Å². The Morgan fingerprint density at radius 1 is 0.946 bits per heavy atom. The second-order valence-electron chi connectivity index (χ2n) is 8.78. The summed E-state index contributed by atoms with van der Waals surface area (Å²) in [5, 5.41) is 15.4. The van der Waals surface area contributed by atoms with Crippen LogP contribution in [-0.2, 0) is 17.9 Å². The lowest BCUT2D eigenvalue weighted by atomic mass is 10.0. The maximum Gasteiger partial charge on any atom is 0.329 e. The average molecular weight is 494 g/mol. The lowest BCUT2D eigenvalue weighted by Gasteiger charge is -2.13. The van der Waals surface area contributed by atoms with Gasteiger partial charge in [-0.1, -0.05) is 60.2 Å². The van der Waals surface area contributed by atoms with Gasteiger partial charge in [-0.05, 0) is 53.1 Å². The number of nitrogens with one attached hydrogen (secondary N) is 1. The Balaban J connectivity index is 1.45. The number of nitrogens with zero attached hydrogens (tertiary/aromatic N) is 2. The van der Waals surface area contributed by atoms with Gasteiger partial charge in [-0.15, -0.1) is 0 Å². The van der Waals surface area contributed by atoms with Crippen LogP contribution in [0.15, 0.2) is 90.6 Å². The molecule has 8 heteroatoms. The van der Waals surface area contributed by atoms with E-state index in [2.05, 4.69) is 5.32 Å². The molecule has 0 saturated carbocycles. The summed E-state index contributed by atoms with van der Waals surface area (Å²) in [6.07, 6.45) is 1.64. The first kappa shape index (κ1) is 23.7. The number of non-ortho nitro benzene ring substituents is 1. The molecule has 0 bridgehead atoms. The smallest absolute Gasteiger partial charge is 0.329 e. The molecule has 1 aliphatic rings. The highest BCUT2D eigenvalue weighted by Gasteiger charge is 2.33. The monoisotopic (exact) mass is 493 g/mol. The fourth-order valence-corrected chi connectivity index (χ4v) is 4.28. The van der Waals surface area contributed by atoms with Crippen molar-refractivity contribution < 1.29 is 19.2 Å². The highest BCUT2D eigenvalue weighted by molar-refractivity contribution is 6.14. The summed E-state index contributed by atoms with van der Waals surface area (Å²) in [4.78, 5) is 37.5. The van der Waals surface area contributed by atoms with E-state index in [9.17, 15) is 19.7 Å². The molecular formula is C29H23N3O5. The van der Waals surface area contributed by atoms with Crippen molar-refractivity contribution in [2.75, 3.05) is 0 Å². The van der Waals surface area contributed by atoms with Crippen molar-refractivity contribution in [1.82, 2.24) is 10.2 Å². The van der Waals surface area contributed by atoms with Crippen LogP contribution < -0.4 is 10.1 Å². The maximum atomic E-state index is 13.2. The third-order valence-electron chi connectivity index (χ3n) is 6.15. The minimum absolute atomic E-state index is 0.00517. The predicted molar refractivity (Wildman–Crippen MR) is 140 cm³/mol. The molecule has 0 aromatic heterocycles. The van der Waals surface area contributed by atoms with Crippen LogP contribution in [0.2, 0.25) is 0 Å². The number of urea groups is 1. The first-order valence-electron chi connectivity index (χ1n) is 11.7. The Labute approximate surface area is 212 Å². The van der Waals surface area contributed by atoms with Crippen molar-refractivity contribution in [3.63, 3.8) is 0 Å². The van der Waals surface area contributed by atoms with Crippen LogP contribution in [0.3, 0.4) is 0 Å². The molecule has 8 nitrogen and oxygen atoms in total. The van der Waals surface area contributed by atoms with Gasteiger partial charge in [-0.25, -0.2) is 4.79 Å². The van der Waals surface area contributed by atoms with E-state index in [1.807, 2.05) is 67.6 Å². The number of aryl methyl sites for hydroxylation is 1. The number of hydrogen-bond donors (Lipinski definition) is 1. The fourth-order valence-electron chi connectivity index (χ4n) is 4.28. The van der Waals surface area contributed by atoms with Crippen LogP contribution in [0.4, 0.5) is 10.5 Å². The number of nitro groups is 1. The molecule has 4 aromatic rings. The van der Waals surface area contributed by atoms with Gasteiger partial charge in [-0.3, -0.25) is 19.8 Å². The summed E-state index contributed by atoms with van der Waals surface area (Å²) in [7, 11) is 0. The zero-order valence-electron chi connectivity index (χ0n) is 20.0. The number of benzene rings is 4. The third kappa shape index (κ3) is 5.04. The topological polar surface area (TPSA) is 102 Å². The van der Waals surface area contributed by atoms with E-state index in [1.165, 1.54) is 17.0 Å². The van der Waals surface area contributed by atoms with Gasteiger partial charge in [0, 0.05) is 17.7 Å². The minimum atomic E-state index is -0.480. The Bertz CT molecular complexity index is 1560. The first-order valence-corrected chi connectivity index (χ1v) is 11.7. The molecule has 0 unspecified atom stereocenters. The fraction of sp³-hybridized carbons (Fsp3) is 0.103. The van der Waals surface area contributed by atoms with Gasteiger partial charge in [0.05, 0.1) is 11.5 Å². The zero-order valence-corrected chi connectivity index (χ0v) is 20.0. The number of nitro benzene ring substituents is 1. The summed E-state index contributed by atoms with van der Waals surface area (Å²) in [5.41, 5.74) is 3.49. The quantitative estimate of drug-likeness (QED) is 0.153. The molecular weight excluding hydrogens is 470 g/mol. The summed E-state index contributed by atoms with van der Waals surface area (Å²) in [5.74, 6) is 0.101. The van der Waals surface area contributed by atoms with E-state index < -0.39 is 16.9 Å². The Hall–Kier alpha value is -4.98. The van der Waals surface area contributed by atoms with E-state index >= 15 is 0 Å². The van der Waals surface area contributed by atoms with Gasteiger partial charge < -0.3 is 10.1 Å². The second kappa shape index (κ2) is 9.94. The van der Waals surface area contributed by atoms with Crippen LogP contribution in [0.25, 0.3) is 16.8 Å². The zero-order chi connectivity index (χ0) is 25.9. The number of amides is 3. The molecule has 0 atom stereocenters. The van der Waals surface area contributed by atoms with Crippen molar-refractivity contribution >= 4 is 34.5 Å². The molecule has 4 aromatic carbocycles. The molecule has 0 spiro atoms. The third-order valence-corrected chi connectivity index (χ3v) is 6.15. The van der Waals surface area contributed by atoms with Crippen molar-refractivity contribution in [2.24, 2.45) is 0 Å². The van der Waals surface area contributed by atoms with Gasteiger partial charge in [0.15, 0.2) is 0 Å². The number of ether oxygens (including phenoxy) is 1. The highest BCUT2D eigenvalue weighted by atomic mass is 16.6. The summed E-state index contributed by atoms with van der Waals surface area (Å²) in [6, 6.07) is 24.7. The summed E-state index contributed by atoms with van der Waals surface area (Å²) < 4.78 is 6.09. The van der Waals surface area contributed by atoms with Crippen molar-refractivity contribution in [3.05, 3.63) is 123 Å². The Kier molecular flexibility index (Phi) is 6.38. The molecule has 0 radical (unpaired) electrons. The van der Waals surface area contributed by atoms with E-state index in [1.54, 1.807) is 18.2 Å². The largest absolute Gasteiger partial charge is 0.488 e. The normalized spacial score (nSPS) is 14.3. The van der Waals surface area contributed by atoms with E-state index in [4.69, 9.17) is 4.74 Å². The molecule has 1 heterocycles. The van der Waals surface area contributed by atoms with Crippen molar-refractivity contribution in [1.29, 1.82) is 0 Å².